The molecule has 0 bridgehead atoms. The molecule has 0 spiro atoms. The Morgan fingerprint density at radius 2 is 1.96 bits per heavy atom. The Bertz CT molecular complexity index is 1030. The van der Waals surface area contributed by atoms with Crippen LogP contribution in [0, 0.1) is 0 Å². The van der Waals surface area contributed by atoms with Crippen LogP contribution in [0.1, 0.15) is 23.7 Å². The number of hydrogen-bond donors (Lipinski definition) is 0. The highest BCUT2D eigenvalue weighted by Gasteiger charge is 2.24. The Morgan fingerprint density at radius 1 is 1.15 bits per heavy atom. The monoisotopic (exact) mass is 347 g/mol. The summed E-state index contributed by atoms with van der Waals surface area (Å²) in [4.78, 5) is 31.4. The number of aromatic nitrogens is 2. The minimum Gasteiger partial charge on any atom is -0.336 e. The fraction of sp³-hybridized carbons (Fsp3) is 0.286. The summed E-state index contributed by atoms with van der Waals surface area (Å²) in [6.07, 6.45) is 2.52. The number of carbonyl (C=O) groups excluding carboxylic acids is 1. The number of carbonyl (C=O) groups is 1. The van der Waals surface area contributed by atoms with E-state index in [1.807, 2.05) is 36.1 Å². The van der Waals surface area contributed by atoms with Gasteiger partial charge in [-0.15, -0.1) is 0 Å². The van der Waals surface area contributed by atoms with Crippen molar-refractivity contribution in [3.8, 4) is 0 Å². The maximum atomic E-state index is 12.8. The molecule has 2 aromatic carbocycles. The van der Waals surface area contributed by atoms with Crippen LogP contribution >= 0.6 is 0 Å². The van der Waals surface area contributed by atoms with Crippen molar-refractivity contribution in [1.29, 1.82) is 0 Å². The van der Waals surface area contributed by atoms with Crippen LogP contribution < -0.4 is 5.56 Å². The largest absolute Gasteiger partial charge is 0.336 e. The van der Waals surface area contributed by atoms with Gasteiger partial charge in [0.25, 0.3) is 5.56 Å². The summed E-state index contributed by atoms with van der Waals surface area (Å²) in [7, 11) is 0. The van der Waals surface area contributed by atoms with E-state index in [-0.39, 0.29) is 11.5 Å². The highest BCUT2D eigenvalue weighted by molar-refractivity contribution is 5.90. The maximum Gasteiger partial charge on any atom is 0.256 e. The zero-order chi connectivity index (χ0) is 18.1. The highest BCUT2D eigenvalue weighted by atomic mass is 16.2. The Hall–Kier alpha value is -2.95. The molecule has 26 heavy (non-hydrogen) atoms. The molecule has 2 heterocycles. The van der Waals surface area contributed by atoms with E-state index in [1.54, 1.807) is 10.9 Å². The van der Waals surface area contributed by atoms with E-state index in [9.17, 15) is 9.59 Å². The van der Waals surface area contributed by atoms with E-state index in [2.05, 4.69) is 23.2 Å². The lowest BCUT2D eigenvalue weighted by Crippen LogP contribution is -2.40. The molecule has 0 aliphatic carbocycles. The molecule has 0 radical (unpaired) electrons. The van der Waals surface area contributed by atoms with Crippen LogP contribution in [0.3, 0.4) is 0 Å². The molecule has 0 saturated heterocycles. The second-order valence-corrected chi connectivity index (χ2v) is 6.64. The van der Waals surface area contributed by atoms with E-state index in [1.165, 1.54) is 0 Å². The minimum absolute atomic E-state index is 0.0265. The minimum atomic E-state index is 0.0265. The van der Waals surface area contributed by atoms with Gasteiger partial charge in [-0.3, -0.25) is 14.2 Å². The van der Waals surface area contributed by atoms with E-state index >= 15 is 0 Å². The zero-order valence-corrected chi connectivity index (χ0v) is 14.8. The predicted octanol–water partition coefficient (Wildman–Crippen LogP) is 2.54. The molecule has 1 aliphatic rings. The van der Waals surface area contributed by atoms with E-state index < -0.39 is 0 Å². The number of nitrogens with zero attached hydrogens (tertiary/aromatic N) is 3. The van der Waals surface area contributed by atoms with Crippen LogP contribution in [-0.2, 0) is 30.7 Å². The van der Waals surface area contributed by atoms with E-state index in [0.29, 0.717) is 32.5 Å². The van der Waals surface area contributed by atoms with Crippen molar-refractivity contribution in [2.45, 2.75) is 32.9 Å². The van der Waals surface area contributed by atoms with Gasteiger partial charge in [-0.1, -0.05) is 42.5 Å². The fourth-order valence-electron chi connectivity index (χ4n) is 3.62. The van der Waals surface area contributed by atoms with Crippen LogP contribution in [0.4, 0.5) is 0 Å². The highest BCUT2D eigenvalue weighted by Crippen LogP contribution is 2.21. The summed E-state index contributed by atoms with van der Waals surface area (Å²) in [6.45, 7) is 3.53. The number of hydrogen-bond acceptors (Lipinski definition) is 3. The van der Waals surface area contributed by atoms with Gasteiger partial charge in [0.05, 0.1) is 25.0 Å². The van der Waals surface area contributed by atoms with Crippen LogP contribution in [0.25, 0.3) is 10.8 Å². The van der Waals surface area contributed by atoms with Gasteiger partial charge in [0, 0.05) is 18.7 Å². The molecule has 0 fully saturated rings. The fourth-order valence-corrected chi connectivity index (χ4v) is 3.62. The molecule has 0 unspecified atom stereocenters. The lowest BCUT2D eigenvalue weighted by atomic mass is 10.0. The van der Waals surface area contributed by atoms with Gasteiger partial charge < -0.3 is 4.90 Å². The molecule has 0 saturated carbocycles. The van der Waals surface area contributed by atoms with Crippen LogP contribution in [0.2, 0.25) is 0 Å². The first-order chi connectivity index (χ1) is 12.7. The average Bonchev–Trinajstić information content (AvgIpc) is 2.68. The van der Waals surface area contributed by atoms with Gasteiger partial charge >= 0.3 is 0 Å². The lowest BCUT2D eigenvalue weighted by Gasteiger charge is -2.28. The van der Waals surface area contributed by atoms with Crippen molar-refractivity contribution >= 4 is 16.7 Å². The number of fused-ring (bicyclic) bond motifs is 2. The summed E-state index contributed by atoms with van der Waals surface area (Å²) in [5.41, 5.74) is 2.55. The molecule has 0 atom stereocenters. The number of aryl methyl sites for hydroxylation is 1. The second-order valence-electron chi connectivity index (χ2n) is 6.64. The van der Waals surface area contributed by atoms with Crippen molar-refractivity contribution < 1.29 is 4.79 Å². The molecule has 3 aromatic rings. The SMILES string of the molecule is CCn1cnc2c(c1=O)CCN(C(=O)Cc1cccc3ccccc13)C2. The molecule has 0 N–H and O–H groups in total. The van der Waals surface area contributed by atoms with Gasteiger partial charge in [0.15, 0.2) is 0 Å². The molecule has 132 valence electrons. The Labute approximate surface area is 151 Å². The lowest BCUT2D eigenvalue weighted by molar-refractivity contribution is -0.131. The maximum absolute atomic E-state index is 12.8. The third kappa shape index (κ3) is 2.90. The smallest absolute Gasteiger partial charge is 0.256 e. The van der Waals surface area contributed by atoms with Crippen molar-refractivity contribution in [1.82, 2.24) is 14.5 Å². The molecule has 5 nitrogen and oxygen atoms in total. The van der Waals surface area contributed by atoms with Gasteiger partial charge in [0.1, 0.15) is 0 Å². The van der Waals surface area contributed by atoms with Crippen LogP contribution in [-0.4, -0.2) is 26.9 Å². The first-order valence-corrected chi connectivity index (χ1v) is 8.99. The van der Waals surface area contributed by atoms with Crippen LogP contribution in [0.15, 0.2) is 53.6 Å². The van der Waals surface area contributed by atoms with Crippen molar-refractivity contribution in [2.24, 2.45) is 0 Å². The topological polar surface area (TPSA) is 55.2 Å². The standard InChI is InChI=1S/C21H21N3O2/c1-2-23-14-22-19-13-24(11-10-18(19)21(23)26)20(25)12-16-8-5-7-15-6-3-4-9-17(15)16/h3-9,14H,2,10-13H2,1H3. The first kappa shape index (κ1) is 16.5. The number of rotatable bonds is 3. The van der Waals surface area contributed by atoms with Crippen molar-refractivity contribution in [3.63, 3.8) is 0 Å². The van der Waals surface area contributed by atoms with E-state index in [0.717, 1.165) is 27.6 Å². The quantitative estimate of drug-likeness (QED) is 0.732. The first-order valence-electron chi connectivity index (χ1n) is 8.99. The Morgan fingerprint density at radius 3 is 2.81 bits per heavy atom. The summed E-state index contributed by atoms with van der Waals surface area (Å²) < 4.78 is 1.62. The molecule has 1 amide bonds. The summed E-state index contributed by atoms with van der Waals surface area (Å²) in [5.74, 6) is 0.0773. The second kappa shape index (κ2) is 6.75. The summed E-state index contributed by atoms with van der Waals surface area (Å²) in [5, 5.41) is 2.26. The van der Waals surface area contributed by atoms with Crippen LogP contribution in [0.5, 0.6) is 0 Å². The number of benzene rings is 2. The van der Waals surface area contributed by atoms with Gasteiger partial charge in [-0.2, -0.15) is 0 Å². The molecule has 5 heteroatoms. The predicted molar refractivity (Wildman–Crippen MR) is 101 cm³/mol. The normalized spacial score (nSPS) is 13.7. The van der Waals surface area contributed by atoms with Gasteiger partial charge in [-0.05, 0) is 29.7 Å². The Kier molecular flexibility index (Phi) is 4.29. The van der Waals surface area contributed by atoms with E-state index in [4.69, 9.17) is 0 Å². The molecule has 1 aromatic heterocycles. The zero-order valence-electron chi connectivity index (χ0n) is 14.8. The van der Waals surface area contributed by atoms with Gasteiger partial charge in [0.2, 0.25) is 5.91 Å². The molecule has 1 aliphatic heterocycles. The Balaban J connectivity index is 1.56. The third-order valence-corrected chi connectivity index (χ3v) is 5.11. The molecule has 4 rings (SSSR count). The molecular formula is C21H21N3O2. The van der Waals surface area contributed by atoms with Gasteiger partial charge in [-0.25, -0.2) is 4.98 Å². The average molecular weight is 347 g/mol. The van der Waals surface area contributed by atoms with Crippen molar-refractivity contribution in [3.05, 3.63) is 76.0 Å². The third-order valence-electron chi connectivity index (χ3n) is 5.11. The summed E-state index contributed by atoms with van der Waals surface area (Å²) >= 11 is 0. The number of amides is 1. The summed E-state index contributed by atoms with van der Waals surface area (Å²) in [6, 6.07) is 14.2. The molecular weight excluding hydrogens is 326 g/mol. The van der Waals surface area contributed by atoms with Crippen molar-refractivity contribution in [2.75, 3.05) is 6.54 Å².